The quantitative estimate of drug-likeness (QED) is 0.669. The number of amides is 1. The van der Waals surface area contributed by atoms with E-state index in [0.717, 1.165) is 29.9 Å². The van der Waals surface area contributed by atoms with Gasteiger partial charge in [-0.25, -0.2) is 0 Å². The van der Waals surface area contributed by atoms with Gasteiger partial charge in [-0.05, 0) is 56.9 Å². The van der Waals surface area contributed by atoms with Crippen molar-refractivity contribution in [1.29, 1.82) is 0 Å². The molecular weight excluding hydrogens is 425 g/mol. The van der Waals surface area contributed by atoms with Crippen molar-refractivity contribution >= 4 is 34.9 Å². The number of hydrogen-bond acceptors (Lipinski definition) is 4. The fourth-order valence-electron chi connectivity index (χ4n) is 4.74. The fraction of sp³-hybridized carbons (Fsp3) is 0.632. The van der Waals surface area contributed by atoms with Gasteiger partial charge in [-0.3, -0.25) is 9.20 Å². The molecule has 5 nitrogen and oxygen atoms in total. The summed E-state index contributed by atoms with van der Waals surface area (Å²) < 4.78 is 40.5. The summed E-state index contributed by atoms with van der Waals surface area (Å²) >= 11 is 7.01. The van der Waals surface area contributed by atoms with Crippen LogP contribution in [-0.4, -0.2) is 31.8 Å². The van der Waals surface area contributed by atoms with Crippen LogP contribution in [0, 0.1) is 17.8 Å². The highest BCUT2D eigenvalue weighted by Crippen LogP contribution is 2.49. The Bertz CT molecular complexity index is 934. The van der Waals surface area contributed by atoms with E-state index in [1.165, 1.54) is 30.1 Å². The van der Waals surface area contributed by atoms with Gasteiger partial charge >= 0.3 is 6.18 Å². The van der Waals surface area contributed by atoms with Gasteiger partial charge in [-0.1, -0.05) is 29.8 Å². The Hall–Kier alpha value is -1.48. The summed E-state index contributed by atoms with van der Waals surface area (Å²) in [5.41, 5.74) is -0.760. The summed E-state index contributed by atoms with van der Waals surface area (Å²) in [6, 6.07) is 0.912. The number of alkyl halides is 3. The molecule has 2 saturated carbocycles. The van der Waals surface area contributed by atoms with Crippen molar-refractivity contribution in [2.24, 2.45) is 17.8 Å². The zero-order valence-corrected chi connectivity index (χ0v) is 17.6. The smallest absolute Gasteiger partial charge is 0.352 e. The molecule has 2 aromatic heterocycles. The Labute approximate surface area is 175 Å². The minimum Gasteiger partial charge on any atom is -0.352 e. The van der Waals surface area contributed by atoms with Crippen LogP contribution >= 0.6 is 23.4 Å². The van der Waals surface area contributed by atoms with Gasteiger partial charge in [-0.2, -0.15) is 13.2 Å². The zero-order chi connectivity index (χ0) is 20.9. The molecule has 0 aromatic carbocycles. The molecule has 2 aliphatic rings. The maximum atomic E-state index is 13.1. The summed E-state index contributed by atoms with van der Waals surface area (Å²) in [7, 11) is 0. The Kier molecular flexibility index (Phi) is 5.48. The summed E-state index contributed by atoms with van der Waals surface area (Å²) in [5.74, 6) is 1.85. The SMILES string of the molecule is C[C@H](NC(=O)[C@@H](C)Sc1nnc2c(Cl)cc(C(F)(F)F)cn12)[C@@H]1C[C@@H]2CC[C@@H]1C2. The minimum absolute atomic E-state index is 0.0854. The average molecular weight is 447 g/mol. The van der Waals surface area contributed by atoms with Gasteiger partial charge in [0.2, 0.25) is 5.91 Å². The number of rotatable bonds is 5. The number of halogens is 4. The molecule has 158 valence electrons. The predicted molar refractivity (Wildman–Crippen MR) is 105 cm³/mol. The number of carbonyl (C=O) groups excluding carboxylic acids is 1. The van der Waals surface area contributed by atoms with Crippen molar-refractivity contribution in [3.63, 3.8) is 0 Å². The zero-order valence-electron chi connectivity index (χ0n) is 16.0. The molecule has 2 fully saturated rings. The van der Waals surface area contributed by atoms with E-state index in [2.05, 4.69) is 15.5 Å². The Balaban J connectivity index is 1.46. The first-order chi connectivity index (χ1) is 13.6. The van der Waals surface area contributed by atoms with E-state index < -0.39 is 17.0 Å². The molecule has 2 heterocycles. The van der Waals surface area contributed by atoms with Crippen molar-refractivity contribution in [3.05, 3.63) is 22.8 Å². The molecule has 5 atom stereocenters. The number of aromatic nitrogens is 3. The van der Waals surface area contributed by atoms with Gasteiger partial charge in [0.1, 0.15) is 0 Å². The van der Waals surface area contributed by atoms with Gasteiger partial charge in [0.15, 0.2) is 10.8 Å². The second-order valence-electron chi connectivity index (χ2n) is 8.15. The van der Waals surface area contributed by atoms with Crippen molar-refractivity contribution in [1.82, 2.24) is 19.9 Å². The van der Waals surface area contributed by atoms with Crippen LogP contribution in [0.4, 0.5) is 13.2 Å². The van der Waals surface area contributed by atoms with Gasteiger partial charge < -0.3 is 5.32 Å². The lowest BCUT2D eigenvalue weighted by Crippen LogP contribution is -2.43. The van der Waals surface area contributed by atoms with Crippen LogP contribution in [0.3, 0.4) is 0 Å². The molecule has 1 N–H and O–H groups in total. The first-order valence-corrected chi connectivity index (χ1v) is 11.0. The maximum Gasteiger partial charge on any atom is 0.417 e. The van der Waals surface area contributed by atoms with Crippen LogP contribution in [0.25, 0.3) is 5.65 Å². The molecular formula is C19H22ClF3N4OS. The lowest BCUT2D eigenvalue weighted by Gasteiger charge is -2.29. The number of pyridine rings is 1. The topological polar surface area (TPSA) is 59.3 Å². The monoisotopic (exact) mass is 446 g/mol. The molecule has 0 radical (unpaired) electrons. The standard InChI is InChI=1S/C19H22ClF3N4OS/c1-9(14-6-11-3-4-12(14)5-11)24-17(28)10(2)29-18-26-25-16-15(20)7-13(8-27(16)18)19(21,22)23/h7-12,14H,3-6H2,1-2H3,(H,24,28)/t9-,10+,11+,12+,14-/m0/s1. The number of nitrogens with one attached hydrogen (secondary N) is 1. The van der Waals surface area contributed by atoms with Crippen LogP contribution < -0.4 is 5.32 Å². The fourth-order valence-corrected chi connectivity index (χ4v) is 5.81. The van der Waals surface area contributed by atoms with E-state index in [1.54, 1.807) is 6.92 Å². The molecule has 2 aliphatic carbocycles. The lowest BCUT2D eigenvalue weighted by molar-refractivity contribution is -0.137. The van der Waals surface area contributed by atoms with Crippen LogP contribution in [-0.2, 0) is 11.0 Å². The summed E-state index contributed by atoms with van der Waals surface area (Å²) in [5, 5.41) is 10.4. The largest absolute Gasteiger partial charge is 0.417 e. The second kappa shape index (κ2) is 7.65. The third-order valence-corrected chi connectivity index (χ3v) is 7.55. The molecule has 2 aromatic rings. The summed E-state index contributed by atoms with van der Waals surface area (Å²) in [6.45, 7) is 3.76. The van der Waals surface area contributed by atoms with E-state index in [-0.39, 0.29) is 27.8 Å². The van der Waals surface area contributed by atoms with Crippen molar-refractivity contribution in [2.45, 2.75) is 62.2 Å². The molecule has 0 spiro atoms. The van der Waals surface area contributed by atoms with Gasteiger partial charge in [0.25, 0.3) is 0 Å². The van der Waals surface area contributed by atoms with Crippen LogP contribution in [0.2, 0.25) is 5.02 Å². The van der Waals surface area contributed by atoms with E-state index in [9.17, 15) is 18.0 Å². The van der Waals surface area contributed by atoms with E-state index in [4.69, 9.17) is 11.6 Å². The van der Waals surface area contributed by atoms with E-state index in [1.807, 2.05) is 6.92 Å². The molecule has 4 rings (SSSR count). The van der Waals surface area contributed by atoms with Crippen molar-refractivity contribution in [3.8, 4) is 0 Å². The first-order valence-electron chi connectivity index (χ1n) is 9.72. The highest BCUT2D eigenvalue weighted by atomic mass is 35.5. The molecule has 29 heavy (non-hydrogen) atoms. The maximum absolute atomic E-state index is 13.1. The van der Waals surface area contributed by atoms with E-state index >= 15 is 0 Å². The number of nitrogens with zero attached hydrogens (tertiary/aromatic N) is 3. The molecule has 0 saturated heterocycles. The Morgan fingerprint density at radius 3 is 2.69 bits per heavy atom. The Morgan fingerprint density at radius 1 is 1.31 bits per heavy atom. The average Bonchev–Trinajstić information content (AvgIpc) is 3.36. The predicted octanol–water partition coefficient (Wildman–Crippen LogP) is 4.82. The van der Waals surface area contributed by atoms with Gasteiger partial charge in [0, 0.05) is 12.2 Å². The first kappa shape index (κ1) is 20.8. The highest BCUT2D eigenvalue weighted by molar-refractivity contribution is 8.00. The molecule has 0 unspecified atom stereocenters. The van der Waals surface area contributed by atoms with Gasteiger partial charge in [-0.15, -0.1) is 10.2 Å². The second-order valence-corrected chi connectivity index (χ2v) is 9.86. The molecule has 2 bridgehead atoms. The van der Waals surface area contributed by atoms with Crippen LogP contribution in [0.1, 0.15) is 45.1 Å². The summed E-state index contributed by atoms with van der Waals surface area (Å²) in [6.07, 6.45) is 1.35. The Morgan fingerprint density at radius 2 is 2.07 bits per heavy atom. The van der Waals surface area contributed by atoms with E-state index in [0.29, 0.717) is 11.8 Å². The van der Waals surface area contributed by atoms with Crippen molar-refractivity contribution in [2.75, 3.05) is 0 Å². The van der Waals surface area contributed by atoms with Crippen LogP contribution in [0.15, 0.2) is 17.4 Å². The summed E-state index contributed by atoms with van der Waals surface area (Å²) in [4.78, 5) is 12.7. The number of carbonyl (C=O) groups is 1. The normalized spacial score (nSPS) is 26.1. The molecule has 10 heteroatoms. The third-order valence-electron chi connectivity index (χ3n) is 6.21. The molecule has 0 aliphatic heterocycles. The third kappa shape index (κ3) is 4.08. The van der Waals surface area contributed by atoms with Crippen LogP contribution in [0.5, 0.6) is 0 Å². The number of hydrogen-bond donors (Lipinski definition) is 1. The van der Waals surface area contributed by atoms with Crippen molar-refractivity contribution < 1.29 is 18.0 Å². The van der Waals surface area contributed by atoms with Gasteiger partial charge in [0.05, 0.1) is 15.8 Å². The lowest BCUT2D eigenvalue weighted by atomic mass is 9.84. The number of thioether (sulfide) groups is 1. The number of fused-ring (bicyclic) bond motifs is 3. The molecule has 1 amide bonds. The highest BCUT2D eigenvalue weighted by Gasteiger charge is 2.42. The minimum atomic E-state index is -4.54.